The molecular weight excluding hydrogens is 300 g/mol. The zero-order valence-corrected chi connectivity index (χ0v) is 15.6. The van der Waals surface area contributed by atoms with Gasteiger partial charge in [0.05, 0.1) is 6.10 Å². The van der Waals surface area contributed by atoms with Gasteiger partial charge in [-0.15, -0.1) is 0 Å². The molecule has 3 nitrogen and oxygen atoms in total. The number of rotatable bonds is 2. The Labute approximate surface area is 146 Å². The molecule has 0 aromatic heterocycles. The van der Waals surface area contributed by atoms with Crippen LogP contribution >= 0.6 is 0 Å². The van der Waals surface area contributed by atoms with Gasteiger partial charge >= 0.3 is 5.97 Å². The summed E-state index contributed by atoms with van der Waals surface area (Å²) in [6.07, 6.45) is 11.8. The van der Waals surface area contributed by atoms with Crippen LogP contribution < -0.4 is 0 Å². The van der Waals surface area contributed by atoms with Gasteiger partial charge in [0.25, 0.3) is 0 Å². The van der Waals surface area contributed by atoms with Gasteiger partial charge in [0.15, 0.2) is 0 Å². The third kappa shape index (κ3) is 4.94. The second-order valence-electron chi connectivity index (χ2n) is 7.16. The number of carbonyl (C=O) groups excluding carboxylic acids is 1. The topological polar surface area (TPSA) is 35.5 Å². The number of hydrogen-bond donors (Lipinski definition) is 0. The number of esters is 1. The Morgan fingerprint density at radius 3 is 2.62 bits per heavy atom. The van der Waals surface area contributed by atoms with Gasteiger partial charge in [0, 0.05) is 19.1 Å². The van der Waals surface area contributed by atoms with E-state index in [1.54, 1.807) is 7.11 Å². The van der Waals surface area contributed by atoms with Crippen molar-refractivity contribution in [2.75, 3.05) is 7.11 Å². The van der Waals surface area contributed by atoms with E-state index in [1.165, 1.54) is 16.7 Å². The SMILES string of the molecule is CO[C@H]1C/C=C(\C)C[C@H]2C=C(CC/C(C(C)C)=C\C=C1C)C(=O)O2. The maximum atomic E-state index is 12.1. The van der Waals surface area contributed by atoms with Gasteiger partial charge < -0.3 is 9.47 Å². The van der Waals surface area contributed by atoms with E-state index in [9.17, 15) is 4.79 Å². The van der Waals surface area contributed by atoms with Gasteiger partial charge in [-0.3, -0.25) is 0 Å². The molecule has 2 rings (SSSR count). The first kappa shape index (κ1) is 18.7. The highest BCUT2D eigenvalue weighted by molar-refractivity contribution is 5.90. The third-order valence-corrected chi connectivity index (χ3v) is 4.89. The molecule has 1 heterocycles. The van der Waals surface area contributed by atoms with E-state index >= 15 is 0 Å². The lowest BCUT2D eigenvalue weighted by atomic mass is 9.94. The minimum absolute atomic E-state index is 0.0878. The molecule has 0 amide bonds. The molecule has 0 spiro atoms. The third-order valence-electron chi connectivity index (χ3n) is 4.89. The fraction of sp³-hybridized carbons (Fsp3) is 0.571. The number of carbonyl (C=O) groups is 1. The van der Waals surface area contributed by atoms with E-state index in [4.69, 9.17) is 9.47 Å². The highest BCUT2D eigenvalue weighted by atomic mass is 16.5. The predicted octanol–water partition coefficient (Wildman–Crippen LogP) is 4.90. The minimum Gasteiger partial charge on any atom is -0.454 e. The monoisotopic (exact) mass is 330 g/mol. The summed E-state index contributed by atoms with van der Waals surface area (Å²) in [5, 5.41) is 0. The zero-order valence-electron chi connectivity index (χ0n) is 15.6. The Morgan fingerprint density at radius 1 is 1.21 bits per heavy atom. The standard InChI is InChI=1S/C21H30O3/c1-14(2)17-8-7-16(4)20(23-5)11-6-15(3)12-19-13-18(10-9-17)21(22)24-19/h6-8,13-14,19-20H,9-12H2,1-5H3/b15-6+,16-7?,17-8+/t19-,20-/m0/s1. The van der Waals surface area contributed by atoms with Crippen LogP contribution in [0.3, 0.4) is 0 Å². The average Bonchev–Trinajstić information content (AvgIpc) is 2.86. The Balaban J connectivity index is 2.31. The highest BCUT2D eigenvalue weighted by Crippen LogP contribution is 2.27. The maximum Gasteiger partial charge on any atom is 0.334 e. The van der Waals surface area contributed by atoms with E-state index in [2.05, 4.69) is 45.9 Å². The smallest absolute Gasteiger partial charge is 0.334 e. The van der Waals surface area contributed by atoms with Crippen LogP contribution in [0.1, 0.15) is 53.4 Å². The molecule has 2 aliphatic rings. The van der Waals surface area contributed by atoms with Crippen LogP contribution in [-0.2, 0) is 14.3 Å². The Morgan fingerprint density at radius 2 is 1.96 bits per heavy atom. The van der Waals surface area contributed by atoms with Gasteiger partial charge in [-0.25, -0.2) is 4.79 Å². The van der Waals surface area contributed by atoms with Crippen molar-refractivity contribution in [1.82, 2.24) is 0 Å². The van der Waals surface area contributed by atoms with Crippen LogP contribution in [0.4, 0.5) is 0 Å². The second-order valence-corrected chi connectivity index (χ2v) is 7.16. The van der Waals surface area contributed by atoms with Crippen molar-refractivity contribution < 1.29 is 14.3 Å². The largest absolute Gasteiger partial charge is 0.454 e. The fourth-order valence-corrected chi connectivity index (χ4v) is 3.19. The number of hydrogen-bond acceptors (Lipinski definition) is 3. The number of ether oxygens (including phenoxy) is 2. The molecule has 132 valence electrons. The Kier molecular flexibility index (Phi) is 6.61. The molecule has 1 aliphatic carbocycles. The van der Waals surface area contributed by atoms with Gasteiger partial charge in [0.1, 0.15) is 6.10 Å². The number of allylic oxidation sites excluding steroid dienone is 3. The molecule has 3 heteroatoms. The molecule has 0 fully saturated rings. The predicted molar refractivity (Wildman–Crippen MR) is 97.7 cm³/mol. The van der Waals surface area contributed by atoms with E-state index in [0.717, 1.165) is 31.3 Å². The quantitative estimate of drug-likeness (QED) is 0.533. The van der Waals surface area contributed by atoms with Crippen molar-refractivity contribution in [2.45, 2.75) is 65.6 Å². The summed E-state index contributed by atoms with van der Waals surface area (Å²) < 4.78 is 11.2. The minimum atomic E-state index is -0.146. The molecule has 0 aromatic carbocycles. The first-order chi connectivity index (χ1) is 11.4. The fourth-order valence-electron chi connectivity index (χ4n) is 3.19. The van der Waals surface area contributed by atoms with Crippen LogP contribution in [-0.4, -0.2) is 25.3 Å². The molecule has 0 unspecified atom stereocenters. The van der Waals surface area contributed by atoms with Crippen LogP contribution in [0, 0.1) is 5.92 Å². The molecule has 0 N–H and O–H groups in total. The molecule has 0 aromatic rings. The summed E-state index contributed by atoms with van der Waals surface area (Å²) in [5.74, 6) is 0.311. The molecule has 0 saturated heterocycles. The van der Waals surface area contributed by atoms with E-state index < -0.39 is 0 Å². The summed E-state index contributed by atoms with van der Waals surface area (Å²) in [5.41, 5.74) is 4.64. The molecule has 2 bridgehead atoms. The van der Waals surface area contributed by atoms with Gasteiger partial charge in [0.2, 0.25) is 0 Å². The summed E-state index contributed by atoms with van der Waals surface area (Å²) >= 11 is 0. The van der Waals surface area contributed by atoms with E-state index in [0.29, 0.717) is 5.92 Å². The molecular formula is C21H30O3. The molecule has 24 heavy (non-hydrogen) atoms. The van der Waals surface area contributed by atoms with Crippen molar-refractivity contribution >= 4 is 5.97 Å². The van der Waals surface area contributed by atoms with Crippen molar-refractivity contribution in [2.24, 2.45) is 5.92 Å². The van der Waals surface area contributed by atoms with Crippen LogP contribution in [0.25, 0.3) is 0 Å². The lowest BCUT2D eigenvalue weighted by Crippen LogP contribution is -2.12. The molecule has 0 saturated carbocycles. The molecule has 1 aliphatic heterocycles. The van der Waals surface area contributed by atoms with Gasteiger partial charge in [-0.2, -0.15) is 0 Å². The average molecular weight is 330 g/mol. The van der Waals surface area contributed by atoms with Crippen molar-refractivity contribution in [1.29, 1.82) is 0 Å². The summed E-state index contributed by atoms with van der Waals surface area (Å²) in [6, 6.07) is 0. The van der Waals surface area contributed by atoms with E-state index in [1.807, 2.05) is 6.08 Å². The number of fused-ring (bicyclic) bond motifs is 1. The normalized spacial score (nSPS) is 30.5. The summed E-state index contributed by atoms with van der Waals surface area (Å²) in [4.78, 5) is 12.1. The zero-order chi connectivity index (χ0) is 17.7. The maximum absolute atomic E-state index is 12.1. The van der Waals surface area contributed by atoms with Crippen molar-refractivity contribution in [3.63, 3.8) is 0 Å². The summed E-state index contributed by atoms with van der Waals surface area (Å²) in [6.45, 7) is 8.61. The number of methoxy groups -OCH3 is 1. The Bertz CT molecular complexity index is 590. The van der Waals surface area contributed by atoms with Crippen LogP contribution in [0.5, 0.6) is 0 Å². The summed E-state index contributed by atoms with van der Waals surface area (Å²) in [7, 11) is 1.76. The lowest BCUT2D eigenvalue weighted by Gasteiger charge is -2.16. The van der Waals surface area contributed by atoms with Crippen LogP contribution in [0.15, 0.2) is 46.6 Å². The van der Waals surface area contributed by atoms with Crippen molar-refractivity contribution in [3.8, 4) is 0 Å². The Hall–Kier alpha value is -1.61. The van der Waals surface area contributed by atoms with Crippen LogP contribution in [0.2, 0.25) is 0 Å². The first-order valence-corrected chi connectivity index (χ1v) is 8.88. The first-order valence-electron chi connectivity index (χ1n) is 8.88. The van der Waals surface area contributed by atoms with Gasteiger partial charge in [-0.05, 0) is 50.7 Å². The highest BCUT2D eigenvalue weighted by Gasteiger charge is 2.25. The second kappa shape index (κ2) is 8.48. The van der Waals surface area contributed by atoms with E-state index in [-0.39, 0.29) is 18.2 Å². The van der Waals surface area contributed by atoms with Gasteiger partial charge in [-0.1, -0.05) is 43.2 Å². The molecule has 0 radical (unpaired) electrons. The lowest BCUT2D eigenvalue weighted by molar-refractivity contribution is -0.139. The molecule has 2 atom stereocenters. The van der Waals surface area contributed by atoms with Crippen molar-refractivity contribution in [3.05, 3.63) is 46.6 Å².